The molecule has 0 radical (unpaired) electrons. The van der Waals surface area contributed by atoms with Gasteiger partial charge in [-0.2, -0.15) is 0 Å². The second-order valence-electron chi connectivity index (χ2n) is 6.76. The second kappa shape index (κ2) is 10.5. The summed E-state index contributed by atoms with van der Waals surface area (Å²) in [6.07, 6.45) is 5.84. The lowest BCUT2D eigenvalue weighted by molar-refractivity contribution is 0.0229. The predicted molar refractivity (Wildman–Crippen MR) is 93.4 cm³/mol. The Kier molecular flexibility index (Phi) is 9.00. The summed E-state index contributed by atoms with van der Waals surface area (Å²) in [5, 5.41) is 6.48. The molecule has 0 unspecified atom stereocenters. The van der Waals surface area contributed by atoms with E-state index in [9.17, 15) is 4.79 Å². The predicted octanol–water partition coefficient (Wildman–Crippen LogP) is 0.742. The molecule has 2 aliphatic heterocycles. The van der Waals surface area contributed by atoms with Crippen LogP contribution in [0.1, 0.15) is 27.2 Å². The molecule has 0 bridgehead atoms. The lowest BCUT2D eigenvalue weighted by Gasteiger charge is -2.30. The molecule has 6 nitrogen and oxygen atoms in total. The number of piperazine rings is 2. The maximum atomic E-state index is 11.5. The molecule has 23 heavy (non-hydrogen) atoms. The summed E-state index contributed by atoms with van der Waals surface area (Å²) in [6, 6.07) is 0. The minimum Gasteiger partial charge on any atom is -0.444 e. The van der Waals surface area contributed by atoms with E-state index in [4.69, 9.17) is 11.2 Å². The normalized spacial score (nSPS) is 19.3. The van der Waals surface area contributed by atoms with Crippen molar-refractivity contribution in [3.63, 3.8) is 0 Å². The number of carbonyl (C=O) groups is 1. The highest BCUT2D eigenvalue weighted by atomic mass is 16.6. The zero-order valence-electron chi connectivity index (χ0n) is 14.9. The Bertz CT molecular complexity index is 375. The second-order valence-corrected chi connectivity index (χ2v) is 6.76. The number of ether oxygens (including phenoxy) is 1. The van der Waals surface area contributed by atoms with Crippen molar-refractivity contribution < 1.29 is 9.53 Å². The number of rotatable bonds is 2. The van der Waals surface area contributed by atoms with Crippen LogP contribution in [0.15, 0.2) is 0 Å². The van der Waals surface area contributed by atoms with E-state index in [-0.39, 0.29) is 11.7 Å². The van der Waals surface area contributed by atoms with E-state index < -0.39 is 0 Å². The molecule has 2 rings (SSSR count). The van der Waals surface area contributed by atoms with Gasteiger partial charge in [-0.1, -0.05) is 0 Å². The maximum absolute atomic E-state index is 11.5. The molecule has 0 spiro atoms. The van der Waals surface area contributed by atoms with Gasteiger partial charge in [-0.05, 0) is 20.8 Å². The van der Waals surface area contributed by atoms with Crippen molar-refractivity contribution in [2.75, 3.05) is 58.9 Å². The number of amides is 1. The summed E-state index contributed by atoms with van der Waals surface area (Å²) >= 11 is 0. The Morgan fingerprint density at radius 3 is 2.09 bits per heavy atom. The summed E-state index contributed by atoms with van der Waals surface area (Å²) in [5.74, 6) is 2.65. The van der Waals surface area contributed by atoms with E-state index in [1.54, 1.807) is 4.90 Å². The molecule has 0 aromatic rings. The number of hydrogen-bond donors (Lipinski definition) is 2. The van der Waals surface area contributed by atoms with E-state index >= 15 is 0 Å². The van der Waals surface area contributed by atoms with Gasteiger partial charge >= 0.3 is 6.09 Å². The molecule has 2 saturated heterocycles. The average Bonchev–Trinajstić information content (AvgIpc) is 2.54. The van der Waals surface area contributed by atoms with Crippen LogP contribution in [0.4, 0.5) is 4.79 Å². The van der Waals surface area contributed by atoms with Gasteiger partial charge in [0.05, 0.1) is 0 Å². The van der Waals surface area contributed by atoms with Gasteiger partial charge in [0.2, 0.25) is 0 Å². The van der Waals surface area contributed by atoms with E-state index in [0.29, 0.717) is 0 Å². The first-order valence-electron chi connectivity index (χ1n) is 8.47. The van der Waals surface area contributed by atoms with Crippen molar-refractivity contribution in [3.05, 3.63) is 0 Å². The summed E-state index contributed by atoms with van der Waals surface area (Å²) in [4.78, 5) is 15.6. The fourth-order valence-electron chi connectivity index (χ4n) is 2.33. The molecule has 0 aromatic carbocycles. The third-order valence-electron chi connectivity index (χ3n) is 3.55. The highest BCUT2D eigenvalue weighted by molar-refractivity contribution is 5.68. The van der Waals surface area contributed by atoms with Crippen molar-refractivity contribution in [2.45, 2.75) is 32.8 Å². The summed E-state index contributed by atoms with van der Waals surface area (Å²) in [7, 11) is 0. The average molecular weight is 324 g/mol. The number of carbonyl (C=O) groups excluding carboxylic acids is 1. The Labute approximate surface area is 140 Å². The molecule has 2 aliphatic rings. The Balaban J connectivity index is 0.000000238. The van der Waals surface area contributed by atoms with E-state index in [1.807, 2.05) is 20.8 Å². The Morgan fingerprint density at radius 1 is 1.09 bits per heavy atom. The SMILES string of the molecule is C#CCCN1CCNCC1.CC(C)(C)OC(=O)N1CCNCC1. The fraction of sp³-hybridized carbons (Fsp3) is 0.824. The molecule has 132 valence electrons. The quantitative estimate of drug-likeness (QED) is 0.734. The highest BCUT2D eigenvalue weighted by Gasteiger charge is 2.22. The van der Waals surface area contributed by atoms with Crippen LogP contribution >= 0.6 is 0 Å². The van der Waals surface area contributed by atoms with Crippen LogP contribution in [-0.4, -0.2) is 80.4 Å². The molecule has 2 heterocycles. The number of hydrogen-bond acceptors (Lipinski definition) is 5. The molecule has 0 aliphatic carbocycles. The Hall–Kier alpha value is -1.29. The van der Waals surface area contributed by atoms with Crippen molar-refractivity contribution in [3.8, 4) is 12.3 Å². The molecule has 0 aromatic heterocycles. The van der Waals surface area contributed by atoms with Gasteiger partial charge in [-0.15, -0.1) is 12.3 Å². The molecular formula is C17H32N4O2. The van der Waals surface area contributed by atoms with Gasteiger partial charge in [0.25, 0.3) is 0 Å². The number of nitrogens with zero attached hydrogens (tertiary/aromatic N) is 2. The number of terminal acetylenes is 1. The van der Waals surface area contributed by atoms with Gasteiger partial charge in [0.15, 0.2) is 0 Å². The van der Waals surface area contributed by atoms with Gasteiger partial charge < -0.3 is 20.3 Å². The van der Waals surface area contributed by atoms with Crippen LogP contribution in [0, 0.1) is 12.3 Å². The molecular weight excluding hydrogens is 292 g/mol. The molecule has 2 N–H and O–H groups in total. The van der Waals surface area contributed by atoms with E-state index in [2.05, 4.69) is 21.5 Å². The van der Waals surface area contributed by atoms with Crippen LogP contribution in [-0.2, 0) is 4.74 Å². The van der Waals surface area contributed by atoms with E-state index in [0.717, 1.165) is 65.3 Å². The molecule has 0 atom stereocenters. The molecule has 2 fully saturated rings. The van der Waals surface area contributed by atoms with Crippen molar-refractivity contribution in [1.29, 1.82) is 0 Å². The third-order valence-corrected chi connectivity index (χ3v) is 3.55. The van der Waals surface area contributed by atoms with Crippen molar-refractivity contribution in [2.24, 2.45) is 0 Å². The number of nitrogens with one attached hydrogen (secondary N) is 2. The summed E-state index contributed by atoms with van der Waals surface area (Å²) in [5.41, 5.74) is -0.387. The van der Waals surface area contributed by atoms with Crippen LogP contribution in [0.25, 0.3) is 0 Å². The largest absolute Gasteiger partial charge is 0.444 e. The van der Waals surface area contributed by atoms with E-state index in [1.165, 1.54) is 0 Å². The lowest BCUT2D eigenvalue weighted by Crippen LogP contribution is -2.48. The zero-order chi connectivity index (χ0) is 17.1. The summed E-state index contributed by atoms with van der Waals surface area (Å²) in [6.45, 7) is 14.5. The molecule has 1 amide bonds. The maximum Gasteiger partial charge on any atom is 0.410 e. The van der Waals surface area contributed by atoms with Gasteiger partial charge in [-0.25, -0.2) is 4.79 Å². The van der Waals surface area contributed by atoms with Crippen LogP contribution in [0.5, 0.6) is 0 Å². The summed E-state index contributed by atoms with van der Waals surface area (Å²) < 4.78 is 5.24. The van der Waals surface area contributed by atoms with Gasteiger partial charge in [-0.3, -0.25) is 4.90 Å². The van der Waals surface area contributed by atoms with Crippen molar-refractivity contribution in [1.82, 2.24) is 20.4 Å². The first-order chi connectivity index (χ1) is 10.9. The third kappa shape index (κ3) is 9.44. The minimum absolute atomic E-state index is 0.200. The fourth-order valence-corrected chi connectivity index (χ4v) is 2.33. The van der Waals surface area contributed by atoms with Gasteiger partial charge in [0, 0.05) is 65.3 Å². The monoisotopic (exact) mass is 324 g/mol. The first kappa shape index (κ1) is 19.8. The van der Waals surface area contributed by atoms with Crippen LogP contribution in [0.2, 0.25) is 0 Å². The zero-order valence-corrected chi connectivity index (χ0v) is 14.9. The van der Waals surface area contributed by atoms with Crippen molar-refractivity contribution >= 4 is 6.09 Å². The van der Waals surface area contributed by atoms with Crippen LogP contribution < -0.4 is 10.6 Å². The molecule has 6 heteroatoms. The molecule has 0 saturated carbocycles. The minimum atomic E-state index is -0.387. The highest BCUT2D eigenvalue weighted by Crippen LogP contribution is 2.09. The standard InChI is InChI=1S/C9H18N2O2.C8H14N2/c1-9(2,3)13-8(12)11-6-4-10-5-7-11;1-2-3-6-10-7-4-9-5-8-10/h10H,4-7H2,1-3H3;1,9H,3-8H2. The van der Waals surface area contributed by atoms with Gasteiger partial charge in [0.1, 0.15) is 5.60 Å². The Morgan fingerprint density at radius 2 is 1.61 bits per heavy atom. The van der Waals surface area contributed by atoms with Crippen LogP contribution in [0.3, 0.4) is 0 Å². The first-order valence-corrected chi connectivity index (χ1v) is 8.47. The topological polar surface area (TPSA) is 56.8 Å². The lowest BCUT2D eigenvalue weighted by atomic mass is 10.2. The smallest absolute Gasteiger partial charge is 0.410 e.